The molecule has 0 spiro atoms. The Morgan fingerprint density at radius 1 is 1.45 bits per heavy atom. The van der Waals surface area contributed by atoms with Crippen LogP contribution in [-0.2, 0) is 4.79 Å². The highest BCUT2D eigenvalue weighted by Crippen LogP contribution is 2.14. The number of hydrogen-bond donors (Lipinski definition) is 1. The van der Waals surface area contributed by atoms with Gasteiger partial charge >= 0.3 is 0 Å². The number of amides is 1. The molecule has 1 atom stereocenters. The van der Waals surface area contributed by atoms with Crippen LogP contribution in [0.2, 0.25) is 0 Å². The lowest BCUT2D eigenvalue weighted by Gasteiger charge is -2.29. The Hall–Kier alpha value is -1.81. The summed E-state index contributed by atoms with van der Waals surface area (Å²) in [5.74, 6) is 0.881. The van der Waals surface area contributed by atoms with Crippen LogP contribution < -0.4 is 10.5 Å². The summed E-state index contributed by atoms with van der Waals surface area (Å²) in [6.45, 7) is 4.07. The summed E-state index contributed by atoms with van der Waals surface area (Å²) in [4.78, 5) is 13.9. The molecule has 4 heteroatoms. The second-order valence-corrected chi connectivity index (χ2v) is 5.02. The van der Waals surface area contributed by atoms with Crippen LogP contribution in [0.3, 0.4) is 0 Å². The molecule has 1 amide bonds. The van der Waals surface area contributed by atoms with Crippen LogP contribution >= 0.6 is 0 Å². The summed E-state index contributed by atoms with van der Waals surface area (Å²) >= 11 is 0. The van der Waals surface area contributed by atoms with Crippen LogP contribution in [0.1, 0.15) is 25.3 Å². The first-order valence-corrected chi connectivity index (χ1v) is 7.14. The van der Waals surface area contributed by atoms with Crippen molar-refractivity contribution in [3.05, 3.63) is 35.9 Å². The molecule has 1 unspecified atom stereocenters. The van der Waals surface area contributed by atoms with Crippen molar-refractivity contribution in [3.8, 4) is 5.75 Å². The van der Waals surface area contributed by atoms with Crippen molar-refractivity contribution in [3.63, 3.8) is 0 Å². The lowest BCUT2D eigenvalue weighted by atomic mass is 10.1. The summed E-state index contributed by atoms with van der Waals surface area (Å²) in [5, 5.41) is 0. The van der Waals surface area contributed by atoms with E-state index in [4.69, 9.17) is 10.5 Å². The van der Waals surface area contributed by atoms with Crippen molar-refractivity contribution < 1.29 is 9.53 Å². The van der Waals surface area contributed by atoms with Gasteiger partial charge in [0.25, 0.3) is 0 Å². The quantitative estimate of drug-likeness (QED) is 0.855. The van der Waals surface area contributed by atoms with Gasteiger partial charge in [0.15, 0.2) is 0 Å². The minimum Gasteiger partial charge on any atom is -0.494 e. The van der Waals surface area contributed by atoms with E-state index in [0.29, 0.717) is 13.2 Å². The maximum atomic E-state index is 12.0. The summed E-state index contributed by atoms with van der Waals surface area (Å²) in [7, 11) is 0. The van der Waals surface area contributed by atoms with E-state index in [1.165, 1.54) is 0 Å². The van der Waals surface area contributed by atoms with E-state index >= 15 is 0 Å². The molecule has 108 valence electrons. The number of piperidine rings is 1. The monoisotopic (exact) mass is 274 g/mol. The van der Waals surface area contributed by atoms with Crippen LogP contribution in [-0.4, -0.2) is 36.5 Å². The van der Waals surface area contributed by atoms with Gasteiger partial charge in [-0.2, -0.15) is 0 Å². The van der Waals surface area contributed by atoms with Gasteiger partial charge in [0.1, 0.15) is 5.75 Å². The van der Waals surface area contributed by atoms with E-state index in [2.05, 4.69) is 0 Å². The lowest BCUT2D eigenvalue weighted by molar-refractivity contribution is -0.127. The molecule has 0 aromatic heterocycles. The van der Waals surface area contributed by atoms with Crippen LogP contribution in [0.4, 0.5) is 0 Å². The zero-order valence-corrected chi connectivity index (χ0v) is 11.9. The van der Waals surface area contributed by atoms with E-state index in [1.807, 2.05) is 42.2 Å². The second-order valence-electron chi connectivity index (χ2n) is 5.02. The largest absolute Gasteiger partial charge is 0.494 e. The predicted molar refractivity (Wildman–Crippen MR) is 80.4 cm³/mol. The summed E-state index contributed by atoms with van der Waals surface area (Å²) in [6.07, 6.45) is 5.45. The average Bonchev–Trinajstić information content (AvgIpc) is 2.46. The fourth-order valence-corrected chi connectivity index (χ4v) is 2.32. The fourth-order valence-electron chi connectivity index (χ4n) is 2.32. The molecule has 1 heterocycles. The number of ether oxygens (including phenoxy) is 1. The van der Waals surface area contributed by atoms with Crippen molar-refractivity contribution in [2.45, 2.75) is 25.8 Å². The van der Waals surface area contributed by atoms with E-state index in [-0.39, 0.29) is 11.9 Å². The van der Waals surface area contributed by atoms with Gasteiger partial charge in [0.05, 0.1) is 6.61 Å². The van der Waals surface area contributed by atoms with E-state index in [9.17, 15) is 4.79 Å². The smallest absolute Gasteiger partial charge is 0.246 e. The molecular weight excluding hydrogens is 252 g/mol. The first-order chi connectivity index (χ1) is 9.69. The van der Waals surface area contributed by atoms with E-state index < -0.39 is 0 Å². The van der Waals surface area contributed by atoms with Crippen LogP contribution in [0, 0.1) is 0 Å². The van der Waals surface area contributed by atoms with Gasteiger partial charge in [-0.1, -0.05) is 12.1 Å². The predicted octanol–water partition coefficient (Wildman–Crippen LogP) is 2.05. The molecule has 0 aliphatic carbocycles. The Balaban J connectivity index is 1.92. The minimum atomic E-state index is 0.0361. The summed E-state index contributed by atoms with van der Waals surface area (Å²) in [5.41, 5.74) is 6.87. The Labute approximate surface area is 120 Å². The summed E-state index contributed by atoms with van der Waals surface area (Å²) < 4.78 is 5.38. The molecule has 1 saturated heterocycles. The van der Waals surface area contributed by atoms with E-state index in [1.54, 1.807) is 6.08 Å². The van der Waals surface area contributed by atoms with Gasteiger partial charge in [-0.25, -0.2) is 0 Å². The van der Waals surface area contributed by atoms with Crippen molar-refractivity contribution in [1.82, 2.24) is 4.90 Å². The summed E-state index contributed by atoms with van der Waals surface area (Å²) in [6, 6.07) is 7.81. The zero-order valence-electron chi connectivity index (χ0n) is 11.9. The zero-order chi connectivity index (χ0) is 14.4. The Morgan fingerprint density at radius 2 is 2.20 bits per heavy atom. The maximum Gasteiger partial charge on any atom is 0.246 e. The van der Waals surface area contributed by atoms with Gasteiger partial charge in [0, 0.05) is 25.2 Å². The number of nitrogens with two attached hydrogens (primary N) is 1. The molecule has 4 nitrogen and oxygen atoms in total. The molecule has 1 aliphatic rings. The molecule has 1 aromatic carbocycles. The third-order valence-corrected chi connectivity index (χ3v) is 3.38. The molecule has 0 saturated carbocycles. The highest BCUT2D eigenvalue weighted by Gasteiger charge is 2.19. The minimum absolute atomic E-state index is 0.0361. The SMILES string of the molecule is CCOc1ccc(/C=C/C(=O)N2CCCC(N)C2)cc1. The number of hydrogen-bond acceptors (Lipinski definition) is 3. The third-order valence-electron chi connectivity index (χ3n) is 3.38. The second kappa shape index (κ2) is 7.10. The van der Waals surface area contributed by atoms with Gasteiger partial charge in [0.2, 0.25) is 5.91 Å². The standard InChI is InChI=1S/C16H22N2O2/c1-2-20-15-8-5-13(6-9-15)7-10-16(19)18-11-3-4-14(17)12-18/h5-10,14H,2-4,11-12,17H2,1H3/b10-7+. The highest BCUT2D eigenvalue weighted by atomic mass is 16.5. The number of nitrogens with zero attached hydrogens (tertiary/aromatic N) is 1. The van der Waals surface area contributed by atoms with Crippen molar-refractivity contribution in [2.75, 3.05) is 19.7 Å². The maximum absolute atomic E-state index is 12.0. The highest BCUT2D eigenvalue weighted by molar-refractivity contribution is 5.91. The molecule has 0 radical (unpaired) electrons. The van der Waals surface area contributed by atoms with Crippen LogP contribution in [0.5, 0.6) is 5.75 Å². The lowest BCUT2D eigenvalue weighted by Crippen LogP contribution is -2.45. The third kappa shape index (κ3) is 4.10. The molecule has 1 aliphatic heterocycles. The number of carbonyl (C=O) groups excluding carboxylic acids is 1. The Morgan fingerprint density at radius 3 is 2.85 bits per heavy atom. The van der Waals surface area contributed by atoms with Gasteiger partial charge in [-0.05, 0) is 43.5 Å². The van der Waals surface area contributed by atoms with Gasteiger partial charge < -0.3 is 15.4 Å². The van der Waals surface area contributed by atoms with E-state index in [0.717, 1.165) is 30.7 Å². The fraction of sp³-hybridized carbons (Fsp3) is 0.438. The van der Waals surface area contributed by atoms with Crippen molar-refractivity contribution >= 4 is 12.0 Å². The normalized spacial score (nSPS) is 19.3. The molecule has 20 heavy (non-hydrogen) atoms. The van der Waals surface area contributed by atoms with Crippen LogP contribution in [0.15, 0.2) is 30.3 Å². The molecule has 2 rings (SSSR count). The number of benzene rings is 1. The molecule has 1 fully saturated rings. The first-order valence-electron chi connectivity index (χ1n) is 7.14. The van der Waals surface area contributed by atoms with Crippen LogP contribution in [0.25, 0.3) is 6.08 Å². The van der Waals surface area contributed by atoms with Gasteiger partial charge in [-0.15, -0.1) is 0 Å². The molecular formula is C16H22N2O2. The number of likely N-dealkylation sites (tertiary alicyclic amines) is 1. The van der Waals surface area contributed by atoms with Gasteiger partial charge in [-0.3, -0.25) is 4.79 Å². The topological polar surface area (TPSA) is 55.6 Å². The molecule has 1 aromatic rings. The Bertz CT molecular complexity index is 468. The average molecular weight is 274 g/mol. The van der Waals surface area contributed by atoms with Crippen molar-refractivity contribution in [2.24, 2.45) is 5.73 Å². The molecule has 2 N–H and O–H groups in total. The number of rotatable bonds is 4. The number of carbonyl (C=O) groups is 1. The molecule has 0 bridgehead atoms. The van der Waals surface area contributed by atoms with Crippen molar-refractivity contribution in [1.29, 1.82) is 0 Å². The first kappa shape index (κ1) is 14.6. The Kier molecular flexibility index (Phi) is 5.18.